The van der Waals surface area contributed by atoms with Gasteiger partial charge >= 0.3 is 29.2 Å². The standard InChI is InChI=1S/C11H14FN2O14P3/c1-2-11(5-25-30(21,22)28-31(23,24)27-29(18,19)20)8(16)7(12)9(26-11)14-4-3-6(15)13-10(14)17/h1,3-4,7-9,16H,5H2,(H,21,22)(H,23,24)(H,13,15,17)(H2,18,19,20)/t7-,8-,9+,11+/m0/s1. The van der Waals surface area contributed by atoms with Crippen LogP contribution in [0, 0.1) is 12.3 Å². The molecule has 0 aromatic carbocycles. The van der Waals surface area contributed by atoms with E-state index in [1.165, 1.54) is 0 Å². The lowest BCUT2D eigenvalue weighted by molar-refractivity contribution is -0.0906. The van der Waals surface area contributed by atoms with Crippen molar-refractivity contribution in [2.24, 2.45) is 0 Å². The Labute approximate surface area is 170 Å². The Balaban J connectivity index is 2.22. The molecule has 0 radical (unpaired) electrons. The highest BCUT2D eigenvalue weighted by Gasteiger charge is 2.57. The molecular weight excluding hydrogens is 496 g/mol. The molecule has 2 heterocycles. The van der Waals surface area contributed by atoms with Crippen molar-refractivity contribution in [1.82, 2.24) is 9.55 Å². The van der Waals surface area contributed by atoms with Gasteiger partial charge in [0.25, 0.3) is 5.56 Å². The molecule has 0 saturated carbocycles. The highest BCUT2D eigenvalue weighted by atomic mass is 31.3. The molecule has 1 aliphatic rings. The van der Waals surface area contributed by atoms with Gasteiger partial charge in [0.2, 0.25) is 0 Å². The number of hydrogen-bond acceptors (Lipinski definition) is 10. The van der Waals surface area contributed by atoms with Gasteiger partial charge in [0.15, 0.2) is 18.0 Å². The molecule has 2 rings (SSSR count). The minimum absolute atomic E-state index is 0.513. The summed E-state index contributed by atoms with van der Waals surface area (Å²) < 4.78 is 65.2. The lowest BCUT2D eigenvalue weighted by Crippen LogP contribution is -2.44. The van der Waals surface area contributed by atoms with Gasteiger partial charge in [-0.3, -0.25) is 18.9 Å². The van der Waals surface area contributed by atoms with Gasteiger partial charge in [-0.2, -0.15) is 8.62 Å². The Hall–Kier alpha value is -1.50. The number of nitrogens with one attached hydrogen (secondary N) is 1. The van der Waals surface area contributed by atoms with Crippen LogP contribution >= 0.6 is 23.5 Å². The van der Waals surface area contributed by atoms with E-state index in [0.717, 1.165) is 12.3 Å². The van der Waals surface area contributed by atoms with Crippen LogP contribution in [-0.4, -0.2) is 58.7 Å². The van der Waals surface area contributed by atoms with E-state index in [9.17, 15) is 37.7 Å². The molecule has 0 aliphatic carbocycles. The zero-order chi connectivity index (χ0) is 23.8. The molecule has 0 bridgehead atoms. The number of aromatic amines is 1. The van der Waals surface area contributed by atoms with E-state index >= 15 is 0 Å². The van der Waals surface area contributed by atoms with Crippen molar-refractivity contribution < 1.29 is 60.6 Å². The van der Waals surface area contributed by atoms with Crippen LogP contribution in [-0.2, 0) is 31.6 Å². The summed E-state index contributed by atoms with van der Waals surface area (Å²) in [4.78, 5) is 60.2. The molecule has 0 amide bonds. The second-order valence-corrected chi connectivity index (χ2v) is 10.2. The minimum Gasteiger partial charge on any atom is -0.386 e. The predicted octanol–water partition coefficient (Wildman–Crippen LogP) is -1.52. The number of aliphatic hydroxyl groups excluding tert-OH is 1. The van der Waals surface area contributed by atoms with Crippen molar-refractivity contribution in [1.29, 1.82) is 0 Å². The van der Waals surface area contributed by atoms with Crippen LogP contribution in [0.4, 0.5) is 4.39 Å². The summed E-state index contributed by atoms with van der Waals surface area (Å²) in [5.41, 5.74) is -4.52. The van der Waals surface area contributed by atoms with Crippen LogP contribution in [0.15, 0.2) is 21.9 Å². The van der Waals surface area contributed by atoms with Gasteiger partial charge in [-0.05, 0) is 0 Å². The van der Waals surface area contributed by atoms with Gasteiger partial charge in [-0.15, -0.1) is 6.42 Å². The maximum absolute atomic E-state index is 14.6. The lowest BCUT2D eigenvalue weighted by Gasteiger charge is -2.26. The molecule has 1 saturated heterocycles. The molecule has 1 aliphatic heterocycles. The van der Waals surface area contributed by atoms with Crippen molar-refractivity contribution in [3.8, 4) is 12.3 Å². The number of H-pyrrole nitrogens is 1. The number of halogens is 1. The molecule has 6 N–H and O–H groups in total. The van der Waals surface area contributed by atoms with Gasteiger partial charge in [0.1, 0.15) is 12.7 Å². The maximum atomic E-state index is 14.6. The average Bonchev–Trinajstić information content (AvgIpc) is 2.82. The minimum atomic E-state index is -5.84. The molecule has 20 heteroatoms. The second-order valence-electron chi connectivity index (χ2n) is 5.81. The molecule has 6 atom stereocenters. The third-order valence-corrected chi connectivity index (χ3v) is 7.39. The monoisotopic (exact) mass is 510 g/mol. The molecular formula is C11H14FN2O14P3. The number of alkyl halides is 1. The average molecular weight is 510 g/mol. The summed E-state index contributed by atoms with van der Waals surface area (Å²) in [6.45, 7) is -1.37. The van der Waals surface area contributed by atoms with Crippen LogP contribution in [0.5, 0.6) is 0 Å². The first-order valence-electron chi connectivity index (χ1n) is 7.58. The van der Waals surface area contributed by atoms with Gasteiger partial charge < -0.3 is 29.4 Å². The fourth-order valence-corrected chi connectivity index (χ4v) is 5.41. The fraction of sp³-hybridized carbons (Fsp3) is 0.455. The molecule has 2 unspecified atom stereocenters. The lowest BCUT2D eigenvalue weighted by atomic mass is 9.98. The topological polar surface area (TPSA) is 244 Å². The van der Waals surface area contributed by atoms with Crippen LogP contribution < -0.4 is 11.2 Å². The summed E-state index contributed by atoms with van der Waals surface area (Å²) in [6.07, 6.45) is -0.629. The number of terminal acetylenes is 1. The van der Waals surface area contributed by atoms with Gasteiger partial charge in [0, 0.05) is 12.3 Å². The number of aliphatic hydroxyl groups is 1. The van der Waals surface area contributed by atoms with Gasteiger partial charge in [-0.25, -0.2) is 22.9 Å². The third-order valence-electron chi connectivity index (χ3n) is 3.61. The number of rotatable bonds is 8. The Morgan fingerprint density at radius 3 is 2.35 bits per heavy atom. The van der Waals surface area contributed by atoms with E-state index in [-0.39, 0.29) is 0 Å². The summed E-state index contributed by atoms with van der Waals surface area (Å²) in [5, 5.41) is 10.1. The summed E-state index contributed by atoms with van der Waals surface area (Å²) in [6, 6.07) is 0.825. The SMILES string of the molecule is C#C[C@]1(COP(=O)(O)OP(=O)(O)OP(=O)(O)O)O[C@@H](n2ccc(=O)[nH]c2=O)[C@@H](F)[C@@H]1O. The Morgan fingerprint density at radius 2 is 1.84 bits per heavy atom. The van der Waals surface area contributed by atoms with Crippen LogP contribution in [0.3, 0.4) is 0 Å². The number of hydrogen-bond donors (Lipinski definition) is 6. The van der Waals surface area contributed by atoms with Crippen LogP contribution in [0.25, 0.3) is 0 Å². The van der Waals surface area contributed by atoms with Crippen molar-refractivity contribution >= 4 is 23.5 Å². The fourth-order valence-electron chi connectivity index (χ4n) is 2.36. The van der Waals surface area contributed by atoms with Crippen molar-refractivity contribution in [2.75, 3.05) is 6.61 Å². The molecule has 16 nitrogen and oxygen atoms in total. The second kappa shape index (κ2) is 8.80. The Bertz CT molecular complexity index is 1140. The number of nitrogens with zero attached hydrogens (tertiary/aromatic N) is 1. The summed E-state index contributed by atoms with van der Waals surface area (Å²) in [5.74, 6) is 1.76. The van der Waals surface area contributed by atoms with E-state index < -0.39 is 65.4 Å². The number of phosphoric acid groups is 3. The van der Waals surface area contributed by atoms with E-state index in [1.807, 2.05) is 0 Å². The molecule has 31 heavy (non-hydrogen) atoms. The van der Waals surface area contributed by atoms with E-state index in [0.29, 0.717) is 4.57 Å². The Kier molecular flexibility index (Phi) is 7.31. The van der Waals surface area contributed by atoms with E-state index in [1.54, 1.807) is 10.9 Å². The first-order chi connectivity index (χ1) is 14.0. The molecule has 1 aromatic rings. The number of aromatic nitrogens is 2. The van der Waals surface area contributed by atoms with Crippen molar-refractivity contribution in [2.45, 2.75) is 24.1 Å². The zero-order valence-electron chi connectivity index (χ0n) is 14.7. The predicted molar refractivity (Wildman–Crippen MR) is 93.7 cm³/mol. The summed E-state index contributed by atoms with van der Waals surface area (Å²) in [7, 11) is -17.1. The van der Waals surface area contributed by atoms with E-state index in [2.05, 4.69) is 13.1 Å². The number of phosphoric ester groups is 1. The highest BCUT2D eigenvalue weighted by Crippen LogP contribution is 2.66. The maximum Gasteiger partial charge on any atom is 0.490 e. The molecule has 0 spiro atoms. The summed E-state index contributed by atoms with van der Waals surface area (Å²) >= 11 is 0. The van der Waals surface area contributed by atoms with Crippen molar-refractivity contribution in [3.05, 3.63) is 33.1 Å². The van der Waals surface area contributed by atoms with Gasteiger partial charge in [-0.1, -0.05) is 5.92 Å². The molecule has 1 aromatic heterocycles. The van der Waals surface area contributed by atoms with Crippen LogP contribution in [0.2, 0.25) is 0 Å². The normalized spacial score (nSPS) is 30.3. The zero-order valence-corrected chi connectivity index (χ0v) is 17.4. The smallest absolute Gasteiger partial charge is 0.386 e. The quantitative estimate of drug-likeness (QED) is 0.172. The van der Waals surface area contributed by atoms with E-state index in [4.69, 9.17) is 25.8 Å². The first kappa shape index (κ1) is 25.8. The molecule has 1 fully saturated rings. The number of ether oxygens (including phenoxy) is 1. The highest BCUT2D eigenvalue weighted by molar-refractivity contribution is 7.66. The van der Waals surface area contributed by atoms with Gasteiger partial charge in [0.05, 0.1) is 0 Å². The van der Waals surface area contributed by atoms with Crippen molar-refractivity contribution in [3.63, 3.8) is 0 Å². The Morgan fingerprint density at radius 1 is 1.23 bits per heavy atom. The third kappa shape index (κ3) is 6.27. The largest absolute Gasteiger partial charge is 0.490 e. The first-order valence-corrected chi connectivity index (χ1v) is 12.1. The van der Waals surface area contributed by atoms with Crippen LogP contribution in [0.1, 0.15) is 6.23 Å². The molecule has 174 valence electrons.